The first-order chi connectivity index (χ1) is 7.92. The summed E-state index contributed by atoms with van der Waals surface area (Å²) in [7, 11) is 0. The first-order valence-electron chi connectivity index (χ1n) is 5.05. The molecule has 17 heavy (non-hydrogen) atoms. The van der Waals surface area contributed by atoms with Crippen LogP contribution in [0.5, 0.6) is 5.75 Å². The molecule has 0 heterocycles. The third-order valence-corrected chi connectivity index (χ3v) is 2.74. The third kappa shape index (κ3) is 5.32. The Morgan fingerprint density at radius 1 is 1.35 bits per heavy atom. The zero-order valence-electron chi connectivity index (χ0n) is 9.38. The van der Waals surface area contributed by atoms with E-state index in [-0.39, 0.29) is 24.1 Å². The van der Waals surface area contributed by atoms with Gasteiger partial charge in [0.05, 0.1) is 6.61 Å². The minimum atomic E-state index is -4.20. The van der Waals surface area contributed by atoms with Crippen molar-refractivity contribution in [3.8, 4) is 5.75 Å². The Morgan fingerprint density at radius 3 is 2.65 bits per heavy atom. The van der Waals surface area contributed by atoms with Gasteiger partial charge in [-0.3, -0.25) is 0 Å². The van der Waals surface area contributed by atoms with Gasteiger partial charge in [0, 0.05) is 17.9 Å². The molecule has 96 valence electrons. The zero-order chi connectivity index (χ0) is 12.9. The Hall–Kier alpha value is -0.880. The first-order valence-corrected chi connectivity index (χ1v) is 6.04. The maximum Gasteiger partial charge on any atom is 0.441 e. The van der Waals surface area contributed by atoms with Gasteiger partial charge < -0.3 is 10.5 Å². The Morgan fingerprint density at radius 2 is 2.06 bits per heavy atom. The van der Waals surface area contributed by atoms with Crippen LogP contribution in [0.25, 0.3) is 0 Å². The Balaban J connectivity index is 2.46. The predicted molar refractivity (Wildman–Crippen MR) is 63.1 cm³/mol. The van der Waals surface area contributed by atoms with Crippen molar-refractivity contribution in [3.63, 3.8) is 0 Å². The molecular weight excluding hydrogens is 251 g/mol. The number of rotatable bonds is 5. The lowest BCUT2D eigenvalue weighted by Gasteiger charge is -2.11. The Labute approximate surface area is 102 Å². The van der Waals surface area contributed by atoms with Gasteiger partial charge in [0.2, 0.25) is 0 Å². The van der Waals surface area contributed by atoms with Crippen LogP contribution in [-0.2, 0) is 6.54 Å². The zero-order valence-corrected chi connectivity index (χ0v) is 10.2. The fourth-order valence-corrected chi connectivity index (χ4v) is 1.72. The number of ether oxygens (including phenoxy) is 1. The molecule has 0 bridgehead atoms. The summed E-state index contributed by atoms with van der Waals surface area (Å²) in [4.78, 5) is 0. The molecule has 1 rings (SSSR count). The Bertz CT molecular complexity index is 368. The van der Waals surface area contributed by atoms with E-state index >= 15 is 0 Å². The van der Waals surface area contributed by atoms with Gasteiger partial charge in [0.15, 0.2) is 0 Å². The van der Waals surface area contributed by atoms with Crippen molar-refractivity contribution < 1.29 is 17.9 Å². The van der Waals surface area contributed by atoms with Crippen molar-refractivity contribution in [2.45, 2.75) is 19.0 Å². The molecule has 0 aliphatic carbocycles. The van der Waals surface area contributed by atoms with E-state index in [1.165, 1.54) is 0 Å². The van der Waals surface area contributed by atoms with Crippen LogP contribution in [0.4, 0.5) is 13.2 Å². The average molecular weight is 265 g/mol. The predicted octanol–water partition coefficient (Wildman–Crippen LogP) is 3.09. The number of nitrogens with two attached hydrogens (primary N) is 1. The van der Waals surface area contributed by atoms with Gasteiger partial charge in [0.25, 0.3) is 0 Å². The molecule has 0 atom stereocenters. The van der Waals surface area contributed by atoms with Gasteiger partial charge in [-0.15, -0.1) is 0 Å². The SMILES string of the molecule is Cc1ccc(OCCSC(F)(F)F)c(CN)c1. The van der Waals surface area contributed by atoms with Crippen molar-refractivity contribution in [1.29, 1.82) is 0 Å². The number of aryl methyl sites for hydroxylation is 1. The van der Waals surface area contributed by atoms with Gasteiger partial charge in [-0.25, -0.2) is 0 Å². The molecule has 0 saturated heterocycles. The highest BCUT2D eigenvalue weighted by Crippen LogP contribution is 2.30. The van der Waals surface area contributed by atoms with E-state index in [9.17, 15) is 13.2 Å². The van der Waals surface area contributed by atoms with Gasteiger partial charge in [-0.05, 0) is 24.8 Å². The molecule has 2 N–H and O–H groups in total. The highest BCUT2D eigenvalue weighted by Gasteiger charge is 2.27. The second-order valence-corrected chi connectivity index (χ2v) is 4.62. The van der Waals surface area contributed by atoms with Gasteiger partial charge in [-0.1, -0.05) is 17.7 Å². The van der Waals surface area contributed by atoms with Crippen molar-refractivity contribution >= 4 is 11.8 Å². The summed E-state index contributed by atoms with van der Waals surface area (Å²) >= 11 is -0.0868. The monoisotopic (exact) mass is 265 g/mol. The average Bonchev–Trinajstić information content (AvgIpc) is 2.24. The molecule has 0 aromatic heterocycles. The summed E-state index contributed by atoms with van der Waals surface area (Å²) in [6, 6.07) is 5.44. The second kappa shape index (κ2) is 6.16. The molecule has 0 fully saturated rings. The van der Waals surface area contributed by atoms with E-state index in [1.54, 1.807) is 6.07 Å². The van der Waals surface area contributed by atoms with E-state index < -0.39 is 5.51 Å². The van der Waals surface area contributed by atoms with E-state index in [4.69, 9.17) is 10.5 Å². The molecular formula is C11H14F3NOS. The fraction of sp³-hybridized carbons (Fsp3) is 0.455. The highest BCUT2D eigenvalue weighted by atomic mass is 32.2. The largest absolute Gasteiger partial charge is 0.492 e. The van der Waals surface area contributed by atoms with Crippen LogP contribution in [0.1, 0.15) is 11.1 Å². The minimum absolute atomic E-state index is 0.0141. The molecule has 0 amide bonds. The standard InChI is InChI=1S/C11H14F3NOS/c1-8-2-3-10(9(6-8)7-15)16-4-5-17-11(12,13)14/h2-3,6H,4-5,7,15H2,1H3. The van der Waals surface area contributed by atoms with Crippen molar-refractivity contribution in [1.82, 2.24) is 0 Å². The molecule has 0 aliphatic heterocycles. The summed E-state index contributed by atoms with van der Waals surface area (Å²) in [6.45, 7) is 2.24. The third-order valence-electron chi connectivity index (χ3n) is 2.04. The maximum absolute atomic E-state index is 11.9. The molecule has 0 radical (unpaired) electrons. The lowest BCUT2D eigenvalue weighted by molar-refractivity contribution is -0.0329. The fourth-order valence-electron chi connectivity index (χ4n) is 1.32. The maximum atomic E-state index is 11.9. The molecule has 0 unspecified atom stereocenters. The van der Waals surface area contributed by atoms with E-state index in [0.717, 1.165) is 11.1 Å². The minimum Gasteiger partial charge on any atom is -0.492 e. The summed E-state index contributed by atoms with van der Waals surface area (Å²) in [5.74, 6) is 0.433. The summed E-state index contributed by atoms with van der Waals surface area (Å²) in [5.41, 5.74) is 3.18. The van der Waals surface area contributed by atoms with Crippen LogP contribution in [-0.4, -0.2) is 17.9 Å². The van der Waals surface area contributed by atoms with E-state index in [2.05, 4.69) is 0 Å². The Kier molecular flexibility index (Phi) is 5.14. The van der Waals surface area contributed by atoms with Crippen LogP contribution < -0.4 is 10.5 Å². The molecule has 0 aliphatic rings. The molecule has 6 heteroatoms. The summed E-state index contributed by atoms with van der Waals surface area (Å²) in [6.07, 6.45) is 0. The van der Waals surface area contributed by atoms with Gasteiger partial charge in [0.1, 0.15) is 5.75 Å². The van der Waals surface area contributed by atoms with Crippen LogP contribution >= 0.6 is 11.8 Å². The van der Waals surface area contributed by atoms with E-state index in [1.807, 2.05) is 19.1 Å². The number of halogens is 3. The second-order valence-electron chi connectivity index (χ2n) is 3.46. The first kappa shape index (κ1) is 14.2. The van der Waals surface area contributed by atoms with E-state index in [0.29, 0.717) is 12.3 Å². The number of hydrogen-bond donors (Lipinski definition) is 1. The van der Waals surface area contributed by atoms with Gasteiger partial charge >= 0.3 is 5.51 Å². The van der Waals surface area contributed by atoms with Crippen molar-refractivity contribution in [3.05, 3.63) is 29.3 Å². The summed E-state index contributed by atoms with van der Waals surface area (Å²) < 4.78 is 40.9. The molecule has 1 aromatic carbocycles. The number of thioether (sulfide) groups is 1. The van der Waals surface area contributed by atoms with Crippen molar-refractivity contribution in [2.24, 2.45) is 5.73 Å². The lowest BCUT2D eigenvalue weighted by atomic mass is 10.1. The lowest BCUT2D eigenvalue weighted by Crippen LogP contribution is -2.09. The number of benzene rings is 1. The smallest absolute Gasteiger partial charge is 0.441 e. The normalized spacial score (nSPS) is 11.6. The molecule has 0 spiro atoms. The molecule has 0 saturated carbocycles. The number of alkyl halides is 3. The topological polar surface area (TPSA) is 35.2 Å². The van der Waals surface area contributed by atoms with Crippen LogP contribution in [0.2, 0.25) is 0 Å². The molecule has 1 aromatic rings. The van der Waals surface area contributed by atoms with Crippen LogP contribution in [0.15, 0.2) is 18.2 Å². The van der Waals surface area contributed by atoms with Crippen LogP contribution in [0.3, 0.4) is 0 Å². The quantitative estimate of drug-likeness (QED) is 0.831. The van der Waals surface area contributed by atoms with Gasteiger partial charge in [-0.2, -0.15) is 13.2 Å². The highest BCUT2D eigenvalue weighted by molar-refractivity contribution is 8.00. The summed E-state index contributed by atoms with van der Waals surface area (Å²) in [5, 5.41) is 0. The molecule has 2 nitrogen and oxygen atoms in total. The van der Waals surface area contributed by atoms with Crippen molar-refractivity contribution in [2.75, 3.05) is 12.4 Å². The van der Waals surface area contributed by atoms with Crippen LogP contribution in [0, 0.1) is 6.92 Å². The number of hydrogen-bond acceptors (Lipinski definition) is 3.